The van der Waals surface area contributed by atoms with E-state index in [9.17, 15) is 20.0 Å². The molecular weight excluding hydrogens is 326 g/mol. The number of aromatic hydroxyl groups is 1. The number of nitrogens with zero attached hydrogens (tertiary/aromatic N) is 2. The zero-order valence-electron chi connectivity index (χ0n) is 13.7. The highest BCUT2D eigenvalue weighted by Crippen LogP contribution is 2.25. The topological polar surface area (TPSA) is 114 Å². The fourth-order valence-corrected chi connectivity index (χ4v) is 1.93. The van der Waals surface area contributed by atoms with Crippen molar-refractivity contribution in [2.24, 2.45) is 5.10 Å². The summed E-state index contributed by atoms with van der Waals surface area (Å²) in [5.74, 6) is -0.327. The van der Waals surface area contributed by atoms with Gasteiger partial charge in [-0.05, 0) is 49.2 Å². The number of rotatable bonds is 6. The van der Waals surface area contributed by atoms with E-state index in [2.05, 4.69) is 10.5 Å². The van der Waals surface area contributed by atoms with Crippen molar-refractivity contribution < 1.29 is 19.6 Å². The van der Waals surface area contributed by atoms with Crippen LogP contribution in [0.25, 0.3) is 0 Å². The van der Waals surface area contributed by atoms with Gasteiger partial charge >= 0.3 is 5.69 Å². The first-order chi connectivity index (χ1) is 11.9. The van der Waals surface area contributed by atoms with Crippen molar-refractivity contribution >= 4 is 17.8 Å². The normalized spacial score (nSPS) is 10.6. The smallest absolute Gasteiger partial charge is 0.311 e. The van der Waals surface area contributed by atoms with Gasteiger partial charge in [0.25, 0.3) is 5.91 Å². The highest BCUT2D eigenvalue weighted by atomic mass is 16.6. The van der Waals surface area contributed by atoms with E-state index >= 15 is 0 Å². The maximum Gasteiger partial charge on any atom is 0.311 e. The molecular formula is C17H17N3O5. The molecule has 0 fully saturated rings. The summed E-state index contributed by atoms with van der Waals surface area (Å²) in [5.41, 5.74) is 4.38. The Morgan fingerprint density at radius 1 is 1.28 bits per heavy atom. The van der Waals surface area contributed by atoms with Crippen LogP contribution < -0.4 is 10.2 Å². The Labute approximate surface area is 143 Å². The number of aryl methyl sites for hydroxylation is 2. The summed E-state index contributed by atoms with van der Waals surface area (Å²) < 4.78 is 5.36. The third-order valence-electron chi connectivity index (χ3n) is 3.45. The van der Waals surface area contributed by atoms with Crippen LogP contribution in [-0.4, -0.2) is 28.8 Å². The molecule has 130 valence electrons. The Morgan fingerprint density at radius 2 is 2.04 bits per heavy atom. The first-order valence-corrected chi connectivity index (χ1v) is 7.36. The minimum absolute atomic E-state index is 0.213. The molecule has 0 aliphatic heterocycles. The lowest BCUT2D eigenvalue weighted by atomic mass is 10.1. The van der Waals surface area contributed by atoms with E-state index in [0.29, 0.717) is 11.3 Å². The van der Waals surface area contributed by atoms with E-state index < -0.39 is 22.3 Å². The molecule has 25 heavy (non-hydrogen) atoms. The molecule has 8 nitrogen and oxygen atoms in total. The van der Waals surface area contributed by atoms with Gasteiger partial charge in [0.05, 0.1) is 11.1 Å². The number of carbonyl (C=O) groups is 1. The Hall–Kier alpha value is -3.42. The van der Waals surface area contributed by atoms with Gasteiger partial charge < -0.3 is 9.84 Å². The van der Waals surface area contributed by atoms with E-state index in [0.717, 1.165) is 17.2 Å². The van der Waals surface area contributed by atoms with Gasteiger partial charge in [-0.25, -0.2) is 5.43 Å². The van der Waals surface area contributed by atoms with Gasteiger partial charge in [0.2, 0.25) is 0 Å². The van der Waals surface area contributed by atoms with Crippen LogP contribution in [0, 0.1) is 24.0 Å². The number of hydrogen-bond donors (Lipinski definition) is 2. The number of nitrogens with one attached hydrogen (secondary N) is 1. The predicted octanol–water partition coefficient (Wildman–Crippen LogP) is 2.45. The molecule has 0 aromatic heterocycles. The zero-order chi connectivity index (χ0) is 18.4. The molecule has 0 saturated carbocycles. The summed E-state index contributed by atoms with van der Waals surface area (Å²) in [5, 5.41) is 23.8. The van der Waals surface area contributed by atoms with Crippen LogP contribution >= 0.6 is 0 Å². The number of carbonyl (C=O) groups excluding carboxylic acids is 1. The molecule has 0 bridgehead atoms. The largest absolute Gasteiger partial charge is 0.502 e. The van der Waals surface area contributed by atoms with Crippen molar-refractivity contribution in [1.29, 1.82) is 0 Å². The highest BCUT2D eigenvalue weighted by molar-refractivity contribution is 5.84. The Morgan fingerprint density at radius 3 is 2.72 bits per heavy atom. The summed E-state index contributed by atoms with van der Waals surface area (Å²) in [6.07, 6.45) is 1.24. The van der Waals surface area contributed by atoms with Crippen molar-refractivity contribution in [3.63, 3.8) is 0 Å². The number of hydrazone groups is 1. The molecule has 2 rings (SSSR count). The van der Waals surface area contributed by atoms with E-state index in [1.54, 1.807) is 6.07 Å². The van der Waals surface area contributed by atoms with E-state index in [1.807, 2.05) is 26.0 Å². The molecule has 0 spiro atoms. The van der Waals surface area contributed by atoms with Gasteiger partial charge in [-0.15, -0.1) is 0 Å². The van der Waals surface area contributed by atoms with Crippen LogP contribution in [0.15, 0.2) is 41.5 Å². The van der Waals surface area contributed by atoms with Crippen LogP contribution in [0.4, 0.5) is 5.69 Å². The van der Waals surface area contributed by atoms with Gasteiger partial charge in [-0.3, -0.25) is 14.9 Å². The summed E-state index contributed by atoms with van der Waals surface area (Å²) in [6, 6.07) is 9.28. The summed E-state index contributed by atoms with van der Waals surface area (Å²) in [4.78, 5) is 21.7. The third-order valence-corrected chi connectivity index (χ3v) is 3.45. The second-order valence-electron chi connectivity index (χ2n) is 5.33. The SMILES string of the molecule is Cc1ccc(OCC(=O)N/N=C/c2ccc(O)c([N+](=O)[O-])c2)cc1C. The summed E-state index contributed by atoms with van der Waals surface area (Å²) >= 11 is 0. The van der Waals surface area contributed by atoms with Crippen molar-refractivity contribution in [3.8, 4) is 11.5 Å². The second kappa shape index (κ2) is 7.91. The third kappa shape index (κ3) is 5.03. The van der Waals surface area contributed by atoms with Gasteiger partial charge in [0.1, 0.15) is 5.75 Å². The Bertz CT molecular complexity index is 833. The van der Waals surface area contributed by atoms with Crippen LogP contribution in [0.1, 0.15) is 16.7 Å². The number of phenols is 1. The van der Waals surface area contributed by atoms with Crippen LogP contribution in [0.5, 0.6) is 11.5 Å². The zero-order valence-corrected chi connectivity index (χ0v) is 13.7. The molecule has 2 aromatic carbocycles. The van der Waals surface area contributed by atoms with Gasteiger partial charge in [-0.2, -0.15) is 5.10 Å². The van der Waals surface area contributed by atoms with Crippen LogP contribution in [0.3, 0.4) is 0 Å². The Kier molecular flexibility index (Phi) is 5.67. The lowest BCUT2D eigenvalue weighted by molar-refractivity contribution is -0.385. The number of hydrogen-bond acceptors (Lipinski definition) is 6. The second-order valence-corrected chi connectivity index (χ2v) is 5.33. The molecule has 0 radical (unpaired) electrons. The Balaban J connectivity index is 1.89. The molecule has 8 heteroatoms. The monoisotopic (exact) mass is 343 g/mol. The molecule has 0 aliphatic rings. The predicted molar refractivity (Wildman–Crippen MR) is 91.9 cm³/mol. The lowest BCUT2D eigenvalue weighted by Crippen LogP contribution is -2.24. The lowest BCUT2D eigenvalue weighted by Gasteiger charge is -2.07. The maximum atomic E-state index is 11.7. The van der Waals surface area contributed by atoms with E-state index in [-0.39, 0.29) is 6.61 Å². The van der Waals surface area contributed by atoms with Gasteiger partial charge in [0.15, 0.2) is 12.4 Å². The van der Waals surface area contributed by atoms with Gasteiger partial charge in [0, 0.05) is 11.6 Å². The van der Waals surface area contributed by atoms with Gasteiger partial charge in [-0.1, -0.05) is 6.07 Å². The first kappa shape index (κ1) is 17.9. The summed E-state index contributed by atoms with van der Waals surface area (Å²) in [7, 11) is 0. The standard InChI is InChI=1S/C17H17N3O5/c1-11-3-5-14(7-12(11)2)25-10-17(22)19-18-9-13-4-6-16(21)15(8-13)20(23)24/h3-9,21H,10H2,1-2H3,(H,19,22)/b18-9+. The molecule has 0 heterocycles. The molecule has 2 aromatic rings. The number of nitro benzene ring substituents is 1. The van der Waals surface area contributed by atoms with E-state index in [1.165, 1.54) is 18.3 Å². The quantitative estimate of drug-likeness (QED) is 0.475. The molecule has 2 N–H and O–H groups in total. The number of amides is 1. The number of phenolic OH excluding ortho intramolecular Hbond substituents is 1. The molecule has 0 aliphatic carbocycles. The average molecular weight is 343 g/mol. The first-order valence-electron chi connectivity index (χ1n) is 7.36. The summed E-state index contributed by atoms with van der Waals surface area (Å²) in [6.45, 7) is 3.72. The fourth-order valence-electron chi connectivity index (χ4n) is 1.93. The molecule has 0 saturated heterocycles. The molecule has 1 amide bonds. The number of ether oxygens (including phenoxy) is 1. The minimum atomic E-state index is -0.706. The van der Waals surface area contributed by atoms with Crippen molar-refractivity contribution in [3.05, 3.63) is 63.2 Å². The number of benzene rings is 2. The fraction of sp³-hybridized carbons (Fsp3) is 0.176. The average Bonchev–Trinajstić information content (AvgIpc) is 2.57. The van der Waals surface area contributed by atoms with Crippen LogP contribution in [0.2, 0.25) is 0 Å². The highest BCUT2D eigenvalue weighted by Gasteiger charge is 2.12. The molecule has 0 unspecified atom stereocenters. The van der Waals surface area contributed by atoms with Crippen LogP contribution in [-0.2, 0) is 4.79 Å². The van der Waals surface area contributed by atoms with Crippen molar-refractivity contribution in [2.45, 2.75) is 13.8 Å². The maximum absolute atomic E-state index is 11.7. The minimum Gasteiger partial charge on any atom is -0.502 e. The van der Waals surface area contributed by atoms with Crippen molar-refractivity contribution in [1.82, 2.24) is 5.43 Å². The van der Waals surface area contributed by atoms with Crippen molar-refractivity contribution in [2.75, 3.05) is 6.61 Å². The number of nitro groups is 1. The van der Waals surface area contributed by atoms with E-state index in [4.69, 9.17) is 4.74 Å². The molecule has 0 atom stereocenters.